The molecule has 0 aromatic heterocycles. The summed E-state index contributed by atoms with van der Waals surface area (Å²) >= 11 is 0. The number of benzene rings is 1. The molecule has 0 saturated heterocycles. The summed E-state index contributed by atoms with van der Waals surface area (Å²) < 4.78 is 35.7. The fraction of sp³-hybridized carbons (Fsp3) is 0.462. The van der Waals surface area contributed by atoms with E-state index in [1.165, 1.54) is 27.2 Å². The molecular formula is C13H19NO6S. The van der Waals surface area contributed by atoms with Crippen molar-refractivity contribution in [2.45, 2.75) is 13.3 Å². The Morgan fingerprint density at radius 1 is 1.29 bits per heavy atom. The van der Waals surface area contributed by atoms with E-state index in [2.05, 4.69) is 0 Å². The van der Waals surface area contributed by atoms with Crippen molar-refractivity contribution in [1.82, 2.24) is 0 Å². The van der Waals surface area contributed by atoms with E-state index in [4.69, 9.17) is 14.6 Å². The van der Waals surface area contributed by atoms with Gasteiger partial charge in [-0.2, -0.15) is 0 Å². The van der Waals surface area contributed by atoms with Gasteiger partial charge in [-0.25, -0.2) is 8.42 Å². The van der Waals surface area contributed by atoms with E-state index < -0.39 is 16.0 Å². The largest absolute Gasteiger partial charge is 0.497 e. The van der Waals surface area contributed by atoms with Crippen LogP contribution in [-0.2, 0) is 14.8 Å². The number of methoxy groups -OCH3 is 2. The number of aliphatic carboxylic acids is 1. The highest BCUT2D eigenvalue weighted by Crippen LogP contribution is 2.34. The molecule has 0 fully saturated rings. The Kier molecular flexibility index (Phi) is 5.83. The van der Waals surface area contributed by atoms with Gasteiger partial charge in [0.2, 0.25) is 10.0 Å². The number of anilines is 1. The third kappa shape index (κ3) is 4.25. The van der Waals surface area contributed by atoms with E-state index in [0.717, 1.165) is 4.31 Å². The van der Waals surface area contributed by atoms with Crippen LogP contribution in [0.3, 0.4) is 0 Å². The number of hydrogen-bond acceptors (Lipinski definition) is 5. The molecule has 0 radical (unpaired) electrons. The quantitative estimate of drug-likeness (QED) is 0.777. The van der Waals surface area contributed by atoms with Crippen molar-refractivity contribution in [3.05, 3.63) is 18.2 Å². The molecule has 21 heavy (non-hydrogen) atoms. The number of nitrogens with zero attached hydrogens (tertiary/aromatic N) is 1. The molecule has 1 N–H and O–H groups in total. The number of carboxylic acids is 1. The van der Waals surface area contributed by atoms with Gasteiger partial charge >= 0.3 is 5.97 Å². The first-order valence-electron chi connectivity index (χ1n) is 6.30. The number of sulfonamides is 1. The van der Waals surface area contributed by atoms with Gasteiger partial charge in [-0.3, -0.25) is 9.10 Å². The van der Waals surface area contributed by atoms with E-state index in [0.29, 0.717) is 11.5 Å². The maximum Gasteiger partial charge on any atom is 0.305 e. The van der Waals surface area contributed by atoms with Gasteiger partial charge in [0, 0.05) is 12.6 Å². The zero-order valence-corrected chi connectivity index (χ0v) is 13.0. The first kappa shape index (κ1) is 17.1. The molecular weight excluding hydrogens is 298 g/mol. The molecule has 0 atom stereocenters. The minimum atomic E-state index is -3.63. The summed E-state index contributed by atoms with van der Waals surface area (Å²) in [6, 6.07) is 4.72. The molecule has 0 spiro atoms. The van der Waals surface area contributed by atoms with E-state index in [1.807, 2.05) is 0 Å². The molecule has 0 bridgehead atoms. The minimum absolute atomic E-state index is 0.146. The Balaban J connectivity index is 3.33. The first-order valence-corrected chi connectivity index (χ1v) is 7.90. The molecule has 0 amide bonds. The van der Waals surface area contributed by atoms with Crippen molar-refractivity contribution in [2.24, 2.45) is 0 Å². The number of carboxylic acid groups (broad SMARTS) is 1. The van der Waals surface area contributed by atoms with Crippen LogP contribution in [0, 0.1) is 0 Å². The smallest absolute Gasteiger partial charge is 0.305 e. The van der Waals surface area contributed by atoms with E-state index >= 15 is 0 Å². The highest BCUT2D eigenvalue weighted by atomic mass is 32.2. The Bertz CT molecular complexity index is 599. The molecule has 1 aromatic carbocycles. The predicted octanol–water partition coefficient (Wildman–Crippen LogP) is 1.33. The van der Waals surface area contributed by atoms with Gasteiger partial charge in [0.1, 0.15) is 11.5 Å². The molecule has 0 saturated carbocycles. The Hall–Kier alpha value is -1.96. The van der Waals surface area contributed by atoms with Gasteiger partial charge in [-0.05, 0) is 19.1 Å². The molecule has 0 aliphatic rings. The topological polar surface area (TPSA) is 93.1 Å². The van der Waals surface area contributed by atoms with Crippen molar-refractivity contribution in [3.8, 4) is 11.5 Å². The van der Waals surface area contributed by atoms with Crippen molar-refractivity contribution in [1.29, 1.82) is 0 Å². The highest BCUT2D eigenvalue weighted by molar-refractivity contribution is 7.92. The van der Waals surface area contributed by atoms with Crippen LogP contribution in [0.4, 0.5) is 5.69 Å². The summed E-state index contributed by atoms with van der Waals surface area (Å²) in [4.78, 5) is 10.8. The Morgan fingerprint density at radius 2 is 1.95 bits per heavy atom. The number of carbonyl (C=O) groups is 1. The second-order valence-corrected chi connectivity index (χ2v) is 6.34. The van der Waals surface area contributed by atoms with E-state index in [-0.39, 0.29) is 24.4 Å². The monoisotopic (exact) mass is 317 g/mol. The van der Waals surface area contributed by atoms with Gasteiger partial charge in [-0.15, -0.1) is 0 Å². The number of ether oxygens (including phenoxy) is 2. The summed E-state index contributed by atoms with van der Waals surface area (Å²) in [5.41, 5.74) is 0.264. The molecule has 8 heteroatoms. The molecule has 0 heterocycles. The average Bonchev–Trinajstić information content (AvgIpc) is 2.46. The van der Waals surface area contributed by atoms with Crippen LogP contribution in [0.25, 0.3) is 0 Å². The van der Waals surface area contributed by atoms with Crippen molar-refractivity contribution >= 4 is 21.7 Å². The lowest BCUT2D eigenvalue weighted by atomic mass is 10.2. The second-order valence-electron chi connectivity index (χ2n) is 4.15. The molecule has 0 unspecified atom stereocenters. The Morgan fingerprint density at radius 3 is 2.43 bits per heavy atom. The van der Waals surface area contributed by atoms with Crippen LogP contribution < -0.4 is 13.8 Å². The second kappa shape index (κ2) is 7.16. The van der Waals surface area contributed by atoms with Crippen LogP contribution in [0.1, 0.15) is 13.3 Å². The van der Waals surface area contributed by atoms with Crippen LogP contribution in [0.5, 0.6) is 11.5 Å². The van der Waals surface area contributed by atoms with Gasteiger partial charge in [-0.1, -0.05) is 0 Å². The highest BCUT2D eigenvalue weighted by Gasteiger charge is 2.24. The first-order chi connectivity index (χ1) is 9.85. The molecule has 1 aromatic rings. The zero-order valence-electron chi connectivity index (χ0n) is 12.2. The van der Waals surface area contributed by atoms with Gasteiger partial charge in [0.05, 0.1) is 32.1 Å². The normalized spacial score (nSPS) is 11.0. The zero-order chi connectivity index (χ0) is 16.0. The standard InChI is InChI=1S/C13H19NO6S/c1-4-21(17,18)14(8-7-13(15)16)11-9-10(19-2)5-6-12(11)20-3/h5-6,9H,4,7-8H2,1-3H3,(H,15,16). The lowest BCUT2D eigenvalue weighted by molar-refractivity contribution is -0.136. The van der Waals surface area contributed by atoms with Crippen molar-refractivity contribution < 1.29 is 27.8 Å². The summed E-state index contributed by atoms with van der Waals surface area (Å²) in [7, 11) is -0.756. The third-order valence-corrected chi connectivity index (χ3v) is 4.66. The fourth-order valence-electron chi connectivity index (χ4n) is 1.75. The Labute approximate surface area is 124 Å². The molecule has 7 nitrogen and oxygen atoms in total. The lowest BCUT2D eigenvalue weighted by Gasteiger charge is -2.25. The maximum atomic E-state index is 12.2. The number of hydrogen-bond donors (Lipinski definition) is 1. The summed E-state index contributed by atoms with van der Waals surface area (Å²) in [6.07, 6.45) is -0.306. The average molecular weight is 317 g/mol. The molecule has 0 aliphatic carbocycles. The van der Waals surface area contributed by atoms with Crippen LogP contribution in [0.2, 0.25) is 0 Å². The SMILES string of the molecule is CCS(=O)(=O)N(CCC(=O)O)c1cc(OC)ccc1OC. The van der Waals surface area contributed by atoms with Gasteiger partial charge in [0.25, 0.3) is 0 Å². The number of rotatable bonds is 8. The van der Waals surface area contributed by atoms with Gasteiger partial charge < -0.3 is 14.6 Å². The fourth-order valence-corrected chi connectivity index (χ4v) is 2.88. The summed E-state index contributed by atoms with van der Waals surface area (Å²) in [5.74, 6) is -0.434. The van der Waals surface area contributed by atoms with Crippen LogP contribution >= 0.6 is 0 Å². The third-order valence-electron chi connectivity index (χ3n) is 2.88. The lowest BCUT2D eigenvalue weighted by Crippen LogP contribution is -2.34. The maximum absolute atomic E-state index is 12.2. The van der Waals surface area contributed by atoms with Crippen LogP contribution in [0.15, 0.2) is 18.2 Å². The molecule has 1 rings (SSSR count). The minimum Gasteiger partial charge on any atom is -0.497 e. The predicted molar refractivity (Wildman–Crippen MR) is 78.6 cm³/mol. The van der Waals surface area contributed by atoms with Crippen LogP contribution in [-0.4, -0.2) is 46.0 Å². The van der Waals surface area contributed by atoms with E-state index in [1.54, 1.807) is 12.1 Å². The summed E-state index contributed by atoms with van der Waals surface area (Å²) in [5, 5.41) is 8.80. The molecule has 0 aliphatic heterocycles. The molecule has 118 valence electrons. The van der Waals surface area contributed by atoms with E-state index in [9.17, 15) is 13.2 Å². The van der Waals surface area contributed by atoms with Crippen molar-refractivity contribution in [2.75, 3.05) is 30.8 Å². The summed E-state index contributed by atoms with van der Waals surface area (Å²) in [6.45, 7) is 1.32. The van der Waals surface area contributed by atoms with Crippen molar-refractivity contribution in [3.63, 3.8) is 0 Å². The van der Waals surface area contributed by atoms with Gasteiger partial charge in [0.15, 0.2) is 0 Å².